The van der Waals surface area contributed by atoms with Crippen molar-refractivity contribution < 1.29 is 0 Å². The topological polar surface area (TPSA) is 46.9 Å². The zero-order chi connectivity index (χ0) is 14.4. The van der Waals surface area contributed by atoms with Gasteiger partial charge >= 0.3 is 0 Å². The molecule has 1 fully saturated rings. The molecule has 4 nitrogen and oxygen atoms in total. The van der Waals surface area contributed by atoms with Gasteiger partial charge in [-0.2, -0.15) is 5.10 Å². The number of hydrogen-bond donors (Lipinski definition) is 1. The van der Waals surface area contributed by atoms with Crippen LogP contribution in [-0.4, -0.2) is 16.3 Å². The van der Waals surface area contributed by atoms with Gasteiger partial charge in [-0.3, -0.25) is 4.79 Å². The molecule has 1 saturated carbocycles. The fourth-order valence-electron chi connectivity index (χ4n) is 2.75. The van der Waals surface area contributed by atoms with Crippen molar-refractivity contribution in [2.45, 2.75) is 45.1 Å². The van der Waals surface area contributed by atoms with E-state index in [2.05, 4.69) is 17.0 Å². The first-order valence-corrected chi connectivity index (χ1v) is 7.70. The Morgan fingerprint density at radius 3 is 2.95 bits per heavy atom. The van der Waals surface area contributed by atoms with E-state index in [0.29, 0.717) is 12.2 Å². The normalized spacial score (nSPS) is 15.4. The lowest BCUT2D eigenvalue weighted by molar-refractivity contribution is 0.491. The van der Waals surface area contributed by atoms with Crippen molar-refractivity contribution in [2.24, 2.45) is 5.92 Å². The van der Waals surface area contributed by atoms with Gasteiger partial charge < -0.3 is 5.32 Å². The van der Waals surface area contributed by atoms with Crippen molar-refractivity contribution >= 4 is 17.3 Å². The van der Waals surface area contributed by atoms with Crippen LogP contribution in [0.3, 0.4) is 0 Å². The van der Waals surface area contributed by atoms with E-state index in [0.717, 1.165) is 18.9 Å². The summed E-state index contributed by atoms with van der Waals surface area (Å²) in [5.41, 5.74) is 0.357. The Hall–Kier alpha value is -1.29. The van der Waals surface area contributed by atoms with Crippen molar-refractivity contribution in [2.75, 3.05) is 11.9 Å². The highest BCUT2D eigenvalue weighted by atomic mass is 35.5. The molecule has 1 aliphatic rings. The van der Waals surface area contributed by atoms with Crippen LogP contribution in [0.25, 0.3) is 0 Å². The lowest BCUT2D eigenvalue weighted by Gasteiger charge is -2.11. The van der Waals surface area contributed by atoms with Crippen LogP contribution in [0.15, 0.2) is 23.6 Å². The van der Waals surface area contributed by atoms with Gasteiger partial charge in [-0.25, -0.2) is 4.68 Å². The zero-order valence-corrected chi connectivity index (χ0v) is 12.5. The Morgan fingerprint density at radius 2 is 2.25 bits per heavy atom. The molecule has 0 atom stereocenters. The second kappa shape index (κ2) is 7.48. The predicted molar refractivity (Wildman–Crippen MR) is 83.4 cm³/mol. The fourth-order valence-corrected chi connectivity index (χ4v) is 2.97. The van der Waals surface area contributed by atoms with E-state index >= 15 is 0 Å². The molecule has 2 rings (SSSR count). The number of rotatable bonds is 7. The molecular weight excluding hydrogens is 274 g/mol. The summed E-state index contributed by atoms with van der Waals surface area (Å²) in [5.74, 6) is 0.894. The number of halogens is 1. The molecule has 5 heteroatoms. The van der Waals surface area contributed by atoms with Crippen molar-refractivity contribution in [3.63, 3.8) is 0 Å². The van der Waals surface area contributed by atoms with Gasteiger partial charge in [0.25, 0.3) is 5.56 Å². The van der Waals surface area contributed by atoms with E-state index in [1.54, 1.807) is 12.3 Å². The number of aromatic nitrogens is 2. The summed E-state index contributed by atoms with van der Waals surface area (Å²) in [7, 11) is 0. The van der Waals surface area contributed by atoms with Crippen LogP contribution in [0, 0.1) is 5.92 Å². The Morgan fingerprint density at radius 1 is 1.50 bits per heavy atom. The van der Waals surface area contributed by atoms with Crippen molar-refractivity contribution in [1.29, 1.82) is 0 Å². The number of allylic oxidation sites excluding steroid dienone is 1. The highest BCUT2D eigenvalue weighted by Crippen LogP contribution is 2.28. The summed E-state index contributed by atoms with van der Waals surface area (Å²) in [6.07, 6.45) is 11.1. The molecule has 0 bridgehead atoms. The first kappa shape index (κ1) is 15.1. The van der Waals surface area contributed by atoms with Crippen LogP contribution in [0.5, 0.6) is 0 Å². The molecule has 0 unspecified atom stereocenters. The van der Waals surface area contributed by atoms with Crippen LogP contribution in [-0.2, 0) is 6.54 Å². The third-order valence-corrected chi connectivity index (χ3v) is 4.23. The quantitative estimate of drug-likeness (QED) is 0.619. The Labute approximate surface area is 124 Å². The SMILES string of the molecule is C=CCn1ncc(NCCCC2CCCC2)c(Cl)c1=O. The van der Waals surface area contributed by atoms with E-state index in [-0.39, 0.29) is 10.6 Å². The van der Waals surface area contributed by atoms with Crippen LogP contribution in [0.4, 0.5) is 5.69 Å². The first-order valence-electron chi connectivity index (χ1n) is 7.32. The average molecular weight is 296 g/mol. The summed E-state index contributed by atoms with van der Waals surface area (Å²) in [6.45, 7) is 4.80. The van der Waals surface area contributed by atoms with E-state index in [1.807, 2.05) is 0 Å². The molecule has 0 spiro atoms. The van der Waals surface area contributed by atoms with Crippen LogP contribution in [0.2, 0.25) is 5.02 Å². The minimum atomic E-state index is -0.271. The molecule has 0 aromatic carbocycles. The lowest BCUT2D eigenvalue weighted by Crippen LogP contribution is -2.23. The molecular formula is C15H22ClN3O. The second-order valence-corrected chi connectivity index (χ2v) is 5.75. The van der Waals surface area contributed by atoms with Gasteiger partial charge in [-0.05, 0) is 18.8 Å². The summed E-state index contributed by atoms with van der Waals surface area (Å²) < 4.78 is 1.30. The van der Waals surface area contributed by atoms with Gasteiger partial charge in [0.2, 0.25) is 0 Å². The Bertz CT molecular complexity index is 506. The summed E-state index contributed by atoms with van der Waals surface area (Å²) in [6, 6.07) is 0. The number of nitrogens with one attached hydrogen (secondary N) is 1. The number of nitrogens with zero attached hydrogens (tertiary/aromatic N) is 2. The summed E-state index contributed by atoms with van der Waals surface area (Å²) in [5, 5.41) is 7.50. The summed E-state index contributed by atoms with van der Waals surface area (Å²) in [4.78, 5) is 11.9. The molecule has 1 aliphatic carbocycles. The van der Waals surface area contributed by atoms with E-state index in [9.17, 15) is 4.79 Å². The maximum atomic E-state index is 11.9. The predicted octanol–water partition coefficient (Wildman–Crippen LogP) is 3.47. The van der Waals surface area contributed by atoms with Crippen LogP contribution >= 0.6 is 11.6 Å². The number of hydrogen-bond acceptors (Lipinski definition) is 3. The van der Waals surface area contributed by atoms with Gasteiger partial charge in [0, 0.05) is 6.54 Å². The molecule has 1 N–H and O–H groups in total. The zero-order valence-electron chi connectivity index (χ0n) is 11.8. The highest BCUT2D eigenvalue weighted by Gasteiger charge is 2.14. The molecule has 0 saturated heterocycles. The van der Waals surface area contributed by atoms with Crippen molar-refractivity contribution in [1.82, 2.24) is 9.78 Å². The minimum Gasteiger partial charge on any atom is -0.382 e. The van der Waals surface area contributed by atoms with Crippen LogP contribution < -0.4 is 10.9 Å². The minimum absolute atomic E-state index is 0.211. The van der Waals surface area contributed by atoms with Crippen molar-refractivity contribution in [3.05, 3.63) is 34.2 Å². The monoisotopic (exact) mass is 295 g/mol. The highest BCUT2D eigenvalue weighted by molar-refractivity contribution is 6.32. The Balaban J connectivity index is 1.84. The molecule has 1 heterocycles. The smallest absolute Gasteiger partial charge is 0.287 e. The lowest BCUT2D eigenvalue weighted by atomic mass is 10.0. The van der Waals surface area contributed by atoms with Crippen molar-refractivity contribution in [3.8, 4) is 0 Å². The number of anilines is 1. The van der Waals surface area contributed by atoms with Gasteiger partial charge in [0.15, 0.2) is 0 Å². The molecule has 1 aromatic heterocycles. The van der Waals surface area contributed by atoms with Crippen LogP contribution in [0.1, 0.15) is 38.5 Å². The molecule has 0 amide bonds. The second-order valence-electron chi connectivity index (χ2n) is 5.37. The third-order valence-electron chi connectivity index (χ3n) is 3.87. The average Bonchev–Trinajstić information content (AvgIpc) is 2.95. The molecule has 0 aliphatic heterocycles. The van der Waals surface area contributed by atoms with Gasteiger partial charge in [0.05, 0.1) is 18.4 Å². The Kier molecular flexibility index (Phi) is 5.65. The largest absolute Gasteiger partial charge is 0.382 e. The van der Waals surface area contributed by atoms with E-state index < -0.39 is 0 Å². The maximum Gasteiger partial charge on any atom is 0.287 e. The molecule has 110 valence electrons. The first-order chi connectivity index (χ1) is 9.72. The van der Waals surface area contributed by atoms with Gasteiger partial charge in [0.1, 0.15) is 5.02 Å². The van der Waals surface area contributed by atoms with Gasteiger partial charge in [-0.1, -0.05) is 43.4 Å². The molecule has 0 radical (unpaired) electrons. The third kappa shape index (κ3) is 3.85. The molecule has 20 heavy (non-hydrogen) atoms. The van der Waals surface area contributed by atoms with Gasteiger partial charge in [-0.15, -0.1) is 6.58 Å². The maximum absolute atomic E-state index is 11.9. The van der Waals surface area contributed by atoms with E-state index in [4.69, 9.17) is 11.6 Å². The molecule has 1 aromatic rings. The summed E-state index contributed by atoms with van der Waals surface area (Å²) >= 11 is 6.07. The fraction of sp³-hybridized carbons (Fsp3) is 0.600. The standard InChI is InChI=1S/C15H22ClN3O/c1-2-10-19-15(20)14(16)13(11-18-19)17-9-5-8-12-6-3-4-7-12/h2,11-12,17H,1,3-10H2. The van der Waals surface area contributed by atoms with E-state index in [1.165, 1.54) is 36.8 Å².